The first-order chi connectivity index (χ1) is 18.2. The van der Waals surface area contributed by atoms with Gasteiger partial charge in [-0.25, -0.2) is 24.7 Å². The average molecular weight is 521 g/mol. The minimum atomic E-state index is -0.482. The predicted octanol–water partition coefficient (Wildman–Crippen LogP) is 3.72. The zero-order valence-corrected chi connectivity index (χ0v) is 22.5. The highest BCUT2D eigenvalue weighted by molar-refractivity contribution is 5.92. The van der Waals surface area contributed by atoms with Gasteiger partial charge in [-0.15, -0.1) is 0 Å². The van der Waals surface area contributed by atoms with Gasteiger partial charge in [-0.3, -0.25) is 4.79 Å². The topological polar surface area (TPSA) is 127 Å². The van der Waals surface area contributed by atoms with E-state index in [0.29, 0.717) is 24.7 Å². The maximum Gasteiger partial charge on any atom is 0.410 e. The third-order valence-corrected chi connectivity index (χ3v) is 7.15. The zero-order valence-electron chi connectivity index (χ0n) is 22.5. The van der Waals surface area contributed by atoms with Crippen molar-refractivity contribution in [2.24, 2.45) is 5.92 Å². The molecule has 3 aromatic heterocycles. The van der Waals surface area contributed by atoms with Crippen LogP contribution in [0.1, 0.15) is 68.7 Å². The molecule has 0 radical (unpaired) electrons. The van der Waals surface area contributed by atoms with Gasteiger partial charge in [0.05, 0.1) is 6.33 Å². The second-order valence-electron chi connectivity index (χ2n) is 11.3. The maximum absolute atomic E-state index is 12.5. The number of ether oxygens (including phenoxy) is 1. The van der Waals surface area contributed by atoms with Gasteiger partial charge in [-0.05, 0) is 71.4 Å². The number of anilines is 1. The van der Waals surface area contributed by atoms with Crippen LogP contribution in [0.15, 0.2) is 30.9 Å². The summed E-state index contributed by atoms with van der Waals surface area (Å²) in [5.74, 6) is 1.01. The average Bonchev–Trinajstić information content (AvgIpc) is 3.28. The summed E-state index contributed by atoms with van der Waals surface area (Å²) in [7, 11) is 0. The third kappa shape index (κ3) is 5.87. The van der Waals surface area contributed by atoms with Crippen molar-refractivity contribution >= 4 is 29.0 Å². The van der Waals surface area contributed by atoms with Crippen molar-refractivity contribution in [3.63, 3.8) is 0 Å². The van der Waals surface area contributed by atoms with Crippen LogP contribution >= 0.6 is 0 Å². The molecule has 2 N–H and O–H groups in total. The fourth-order valence-corrected chi connectivity index (χ4v) is 5.00. The van der Waals surface area contributed by atoms with Gasteiger partial charge in [0.15, 0.2) is 11.5 Å². The van der Waals surface area contributed by atoms with E-state index in [9.17, 15) is 9.59 Å². The lowest BCUT2D eigenvalue weighted by atomic mass is 9.86. The van der Waals surface area contributed by atoms with Gasteiger partial charge in [0, 0.05) is 37.4 Å². The summed E-state index contributed by atoms with van der Waals surface area (Å²) < 4.78 is 7.57. The highest BCUT2D eigenvalue weighted by atomic mass is 16.6. The van der Waals surface area contributed by atoms with Crippen molar-refractivity contribution < 1.29 is 14.3 Å². The minimum Gasteiger partial charge on any atom is -0.444 e. The maximum atomic E-state index is 12.5. The standard InChI is InChI=1S/C27H36N8O3/c1-17-6-5-7-21(32-17)25(36)33-19-12-20(13-19)35-16-31-22-23(29-15-30-24(22)35)28-14-18-8-10-34(11-9-18)26(37)38-27(2,3)4/h5-7,15-16,18-20H,8-14H2,1-4H3,(H,33,36)(H,28,29,30). The smallest absolute Gasteiger partial charge is 0.410 e. The largest absolute Gasteiger partial charge is 0.444 e. The molecule has 11 heteroatoms. The van der Waals surface area contributed by atoms with Crippen LogP contribution < -0.4 is 10.6 Å². The molecule has 4 heterocycles. The summed E-state index contributed by atoms with van der Waals surface area (Å²) in [6, 6.07) is 5.77. The molecule has 0 atom stereocenters. The Bertz CT molecular complexity index is 1300. The van der Waals surface area contributed by atoms with Gasteiger partial charge >= 0.3 is 6.09 Å². The molecule has 38 heavy (non-hydrogen) atoms. The summed E-state index contributed by atoms with van der Waals surface area (Å²) in [6.07, 6.45) is 6.57. The second-order valence-corrected chi connectivity index (χ2v) is 11.3. The van der Waals surface area contributed by atoms with Crippen LogP contribution in [0.25, 0.3) is 11.2 Å². The minimum absolute atomic E-state index is 0.0956. The van der Waals surface area contributed by atoms with Crippen molar-refractivity contribution in [2.75, 3.05) is 25.0 Å². The van der Waals surface area contributed by atoms with Crippen LogP contribution in [-0.2, 0) is 4.74 Å². The molecule has 2 amide bonds. The molecule has 2 fully saturated rings. The number of hydrogen-bond acceptors (Lipinski definition) is 8. The van der Waals surface area contributed by atoms with Gasteiger partial charge in [0.25, 0.3) is 5.91 Å². The quantitative estimate of drug-likeness (QED) is 0.503. The number of nitrogens with one attached hydrogen (secondary N) is 2. The number of imidazole rings is 1. The molecule has 1 aliphatic carbocycles. The molecule has 0 unspecified atom stereocenters. The molecule has 0 aromatic carbocycles. The number of rotatable bonds is 6. The number of nitrogens with zero attached hydrogens (tertiary/aromatic N) is 6. The van der Waals surface area contributed by atoms with Gasteiger partial charge in [-0.2, -0.15) is 0 Å². The Kier molecular flexibility index (Phi) is 7.18. The Labute approximate surface area is 222 Å². The first-order valence-corrected chi connectivity index (χ1v) is 13.3. The number of aromatic nitrogens is 5. The summed E-state index contributed by atoms with van der Waals surface area (Å²) in [6.45, 7) is 9.67. The van der Waals surface area contributed by atoms with E-state index >= 15 is 0 Å². The monoisotopic (exact) mass is 520 g/mol. The van der Waals surface area contributed by atoms with Crippen molar-refractivity contribution in [1.29, 1.82) is 0 Å². The number of carbonyl (C=O) groups is 2. The molecule has 3 aromatic rings. The SMILES string of the molecule is Cc1cccc(C(=O)NC2CC(n3cnc4c(NCC5CCN(C(=O)OC(C)(C)C)CC5)ncnc43)C2)n1. The lowest BCUT2D eigenvalue weighted by Crippen LogP contribution is -2.45. The second kappa shape index (κ2) is 10.5. The fraction of sp³-hybridized carbons (Fsp3) is 0.556. The summed E-state index contributed by atoms with van der Waals surface area (Å²) >= 11 is 0. The summed E-state index contributed by atoms with van der Waals surface area (Å²) in [4.78, 5) is 44.5. The number of amides is 2. The molecule has 1 aliphatic heterocycles. The van der Waals surface area contributed by atoms with E-state index in [1.807, 2.05) is 46.2 Å². The number of pyridine rings is 1. The highest BCUT2D eigenvalue weighted by Gasteiger charge is 2.33. The number of hydrogen-bond donors (Lipinski definition) is 2. The Balaban J connectivity index is 1.13. The van der Waals surface area contributed by atoms with Gasteiger partial charge in [-0.1, -0.05) is 6.07 Å². The number of piperidine rings is 1. The van der Waals surface area contributed by atoms with Crippen LogP contribution in [0.4, 0.5) is 10.6 Å². The molecule has 11 nitrogen and oxygen atoms in total. The van der Waals surface area contributed by atoms with Crippen LogP contribution in [0.5, 0.6) is 0 Å². The molecule has 0 spiro atoms. The Morgan fingerprint density at radius 3 is 2.58 bits per heavy atom. The third-order valence-electron chi connectivity index (χ3n) is 7.15. The van der Waals surface area contributed by atoms with Crippen molar-refractivity contribution in [3.05, 3.63) is 42.2 Å². The van der Waals surface area contributed by atoms with E-state index in [4.69, 9.17) is 4.74 Å². The van der Waals surface area contributed by atoms with E-state index in [-0.39, 0.29) is 24.1 Å². The van der Waals surface area contributed by atoms with E-state index in [2.05, 4.69) is 35.1 Å². The summed E-state index contributed by atoms with van der Waals surface area (Å²) in [5, 5.41) is 6.54. The molecule has 5 rings (SSSR count). The van der Waals surface area contributed by atoms with Crippen molar-refractivity contribution in [1.82, 2.24) is 34.7 Å². The van der Waals surface area contributed by atoms with E-state index in [1.165, 1.54) is 0 Å². The van der Waals surface area contributed by atoms with E-state index in [0.717, 1.165) is 54.9 Å². The van der Waals surface area contributed by atoms with Crippen LogP contribution in [0.2, 0.25) is 0 Å². The fourth-order valence-electron chi connectivity index (χ4n) is 5.00. The Hall–Kier alpha value is -3.76. The van der Waals surface area contributed by atoms with Crippen LogP contribution in [-0.4, -0.2) is 72.7 Å². The predicted molar refractivity (Wildman–Crippen MR) is 143 cm³/mol. The van der Waals surface area contributed by atoms with Crippen LogP contribution in [0, 0.1) is 12.8 Å². The van der Waals surface area contributed by atoms with Gasteiger partial charge < -0.3 is 24.8 Å². The number of fused-ring (bicyclic) bond motifs is 1. The normalized spacial score (nSPS) is 20.2. The first kappa shape index (κ1) is 25.9. The molecule has 1 saturated carbocycles. The van der Waals surface area contributed by atoms with Gasteiger partial charge in [0.2, 0.25) is 0 Å². The highest BCUT2D eigenvalue weighted by Crippen LogP contribution is 2.35. The van der Waals surface area contributed by atoms with Crippen molar-refractivity contribution in [2.45, 2.75) is 71.1 Å². The van der Waals surface area contributed by atoms with Crippen molar-refractivity contribution in [3.8, 4) is 0 Å². The Morgan fingerprint density at radius 2 is 1.87 bits per heavy atom. The molecule has 202 valence electrons. The molecular weight excluding hydrogens is 484 g/mol. The Morgan fingerprint density at radius 1 is 1.11 bits per heavy atom. The molecule has 0 bridgehead atoms. The van der Waals surface area contributed by atoms with Gasteiger partial charge in [0.1, 0.15) is 23.1 Å². The first-order valence-electron chi connectivity index (χ1n) is 13.3. The lowest BCUT2D eigenvalue weighted by Gasteiger charge is -2.36. The number of aryl methyl sites for hydroxylation is 1. The number of likely N-dealkylation sites (tertiary alicyclic amines) is 1. The van der Waals surface area contributed by atoms with Crippen LogP contribution in [0.3, 0.4) is 0 Å². The molecule has 1 saturated heterocycles. The van der Waals surface area contributed by atoms with E-state index in [1.54, 1.807) is 17.3 Å². The van der Waals surface area contributed by atoms with E-state index < -0.39 is 5.60 Å². The zero-order chi connectivity index (χ0) is 26.9. The number of carbonyl (C=O) groups excluding carboxylic acids is 2. The molecular formula is C27H36N8O3. The summed E-state index contributed by atoms with van der Waals surface area (Å²) in [5.41, 5.74) is 2.32. The lowest BCUT2D eigenvalue weighted by molar-refractivity contribution is 0.0188. The molecule has 2 aliphatic rings.